The molecular formula is C29H26O3. The number of rotatable bonds is 3. The average molecular weight is 423 g/mol. The third-order valence-corrected chi connectivity index (χ3v) is 5.51. The van der Waals surface area contributed by atoms with Gasteiger partial charge in [-0.3, -0.25) is 0 Å². The molecule has 0 bridgehead atoms. The highest BCUT2D eigenvalue weighted by atomic mass is 16.5. The number of carboxylic acids is 1. The van der Waals surface area contributed by atoms with Gasteiger partial charge in [0, 0.05) is 16.7 Å². The maximum Gasteiger partial charge on any atom is 0.335 e. The fourth-order valence-corrected chi connectivity index (χ4v) is 3.77. The Bertz CT molecular complexity index is 1250. The van der Waals surface area contributed by atoms with Crippen molar-refractivity contribution in [1.29, 1.82) is 0 Å². The van der Waals surface area contributed by atoms with Crippen LogP contribution in [0.15, 0.2) is 72.8 Å². The van der Waals surface area contributed by atoms with Crippen molar-refractivity contribution in [3.63, 3.8) is 0 Å². The van der Waals surface area contributed by atoms with E-state index < -0.39 is 11.6 Å². The van der Waals surface area contributed by atoms with E-state index in [2.05, 4.69) is 75.9 Å². The molecule has 0 unspecified atom stereocenters. The SMILES string of the molecule is CC(C)c1ccc(C2=CC(C)(C)Oc3ccc(C#Cc4ccc(C(=O)O)cc4)cc32)cc1. The largest absolute Gasteiger partial charge is 0.483 e. The van der Waals surface area contributed by atoms with Crippen LogP contribution in [0.1, 0.15) is 71.8 Å². The molecule has 3 aromatic rings. The molecule has 1 aliphatic heterocycles. The van der Waals surface area contributed by atoms with Crippen LogP contribution in [-0.4, -0.2) is 16.7 Å². The molecule has 1 N–H and O–H groups in total. The molecular weight excluding hydrogens is 396 g/mol. The summed E-state index contributed by atoms with van der Waals surface area (Å²) < 4.78 is 6.21. The topological polar surface area (TPSA) is 46.5 Å². The second-order valence-electron chi connectivity index (χ2n) is 8.88. The lowest BCUT2D eigenvalue weighted by Crippen LogP contribution is -2.29. The number of hydrogen-bond donors (Lipinski definition) is 1. The van der Waals surface area contributed by atoms with Gasteiger partial charge in [0.2, 0.25) is 0 Å². The molecule has 3 nitrogen and oxygen atoms in total. The van der Waals surface area contributed by atoms with Gasteiger partial charge in [-0.05, 0) is 85.0 Å². The minimum Gasteiger partial charge on any atom is -0.483 e. The van der Waals surface area contributed by atoms with E-state index in [0.717, 1.165) is 33.6 Å². The summed E-state index contributed by atoms with van der Waals surface area (Å²) in [5.74, 6) is 6.71. The number of aromatic carboxylic acids is 1. The van der Waals surface area contributed by atoms with Gasteiger partial charge in [0.25, 0.3) is 0 Å². The Labute approximate surface area is 189 Å². The van der Waals surface area contributed by atoms with Crippen molar-refractivity contribution in [3.05, 3.63) is 106 Å². The Morgan fingerprint density at radius 2 is 1.53 bits per heavy atom. The number of carbonyl (C=O) groups is 1. The molecule has 0 aromatic heterocycles. The predicted octanol–water partition coefficient (Wildman–Crippen LogP) is 6.51. The molecule has 1 aliphatic rings. The standard InChI is InChI=1S/C29H26O3/c1-19(2)22-12-14-23(15-13-22)26-18-29(3,4)32-27-16-9-21(17-25(26)27)6-5-20-7-10-24(11-8-20)28(30)31/h7-19H,1-4H3,(H,30,31). The van der Waals surface area contributed by atoms with E-state index >= 15 is 0 Å². The number of benzene rings is 3. The molecule has 4 rings (SSSR count). The highest BCUT2D eigenvalue weighted by molar-refractivity contribution is 5.87. The van der Waals surface area contributed by atoms with Gasteiger partial charge >= 0.3 is 5.97 Å². The van der Waals surface area contributed by atoms with Crippen molar-refractivity contribution >= 4 is 11.5 Å². The summed E-state index contributed by atoms with van der Waals surface area (Å²) in [5.41, 5.74) is 6.12. The van der Waals surface area contributed by atoms with Crippen molar-refractivity contribution in [2.24, 2.45) is 0 Å². The molecule has 0 saturated heterocycles. The first-order valence-corrected chi connectivity index (χ1v) is 10.7. The first-order chi connectivity index (χ1) is 15.2. The summed E-state index contributed by atoms with van der Waals surface area (Å²) in [6.45, 7) is 8.52. The smallest absolute Gasteiger partial charge is 0.335 e. The van der Waals surface area contributed by atoms with Gasteiger partial charge in [-0.15, -0.1) is 0 Å². The zero-order chi connectivity index (χ0) is 22.9. The fraction of sp³-hybridized carbons (Fsp3) is 0.207. The van der Waals surface area contributed by atoms with E-state index in [4.69, 9.17) is 9.84 Å². The molecule has 0 fully saturated rings. The Morgan fingerprint density at radius 1 is 0.906 bits per heavy atom. The quantitative estimate of drug-likeness (QED) is 0.489. The molecule has 32 heavy (non-hydrogen) atoms. The Kier molecular flexibility index (Phi) is 5.63. The lowest BCUT2D eigenvalue weighted by molar-refractivity contribution is 0.0697. The molecule has 0 saturated carbocycles. The van der Waals surface area contributed by atoms with Crippen LogP contribution in [0.4, 0.5) is 0 Å². The van der Waals surface area contributed by atoms with E-state index in [1.54, 1.807) is 24.3 Å². The van der Waals surface area contributed by atoms with E-state index in [1.807, 2.05) is 12.1 Å². The maximum atomic E-state index is 11.0. The van der Waals surface area contributed by atoms with Crippen LogP contribution in [0.25, 0.3) is 5.57 Å². The Morgan fingerprint density at radius 3 is 2.16 bits per heavy atom. The van der Waals surface area contributed by atoms with Gasteiger partial charge in [0.05, 0.1) is 5.56 Å². The molecule has 1 heterocycles. The van der Waals surface area contributed by atoms with Crippen LogP contribution in [0, 0.1) is 11.8 Å². The molecule has 160 valence electrons. The minimum atomic E-state index is -0.942. The van der Waals surface area contributed by atoms with Gasteiger partial charge in [-0.1, -0.05) is 50.0 Å². The monoisotopic (exact) mass is 422 g/mol. The van der Waals surface area contributed by atoms with Crippen LogP contribution in [0.5, 0.6) is 5.75 Å². The molecule has 3 heteroatoms. The van der Waals surface area contributed by atoms with Gasteiger partial charge in [-0.2, -0.15) is 0 Å². The van der Waals surface area contributed by atoms with Gasteiger partial charge in [0.15, 0.2) is 0 Å². The summed E-state index contributed by atoms with van der Waals surface area (Å²) in [7, 11) is 0. The zero-order valence-electron chi connectivity index (χ0n) is 18.8. The molecule has 0 radical (unpaired) electrons. The highest BCUT2D eigenvalue weighted by Gasteiger charge is 2.27. The molecule has 3 aromatic carbocycles. The Hall–Kier alpha value is -3.77. The van der Waals surface area contributed by atoms with E-state index in [1.165, 1.54) is 5.56 Å². The lowest BCUT2D eigenvalue weighted by Gasteiger charge is -2.31. The summed E-state index contributed by atoms with van der Waals surface area (Å²) in [5, 5.41) is 9.04. The van der Waals surface area contributed by atoms with Crippen LogP contribution < -0.4 is 4.74 Å². The van der Waals surface area contributed by atoms with Crippen LogP contribution in [0.2, 0.25) is 0 Å². The van der Waals surface area contributed by atoms with E-state index in [-0.39, 0.29) is 5.56 Å². The summed E-state index contributed by atoms with van der Waals surface area (Å²) in [4.78, 5) is 11.0. The third kappa shape index (κ3) is 4.60. The first kappa shape index (κ1) is 21.5. The number of carboxylic acid groups (broad SMARTS) is 1. The average Bonchev–Trinajstić information content (AvgIpc) is 2.77. The lowest BCUT2D eigenvalue weighted by atomic mass is 9.88. The summed E-state index contributed by atoms with van der Waals surface area (Å²) >= 11 is 0. The maximum absolute atomic E-state index is 11.0. The van der Waals surface area contributed by atoms with Crippen molar-refractivity contribution in [2.45, 2.75) is 39.2 Å². The molecule has 0 atom stereocenters. The van der Waals surface area contributed by atoms with Crippen LogP contribution >= 0.6 is 0 Å². The number of fused-ring (bicyclic) bond motifs is 1. The molecule has 0 aliphatic carbocycles. The predicted molar refractivity (Wildman–Crippen MR) is 128 cm³/mol. The van der Waals surface area contributed by atoms with Crippen molar-refractivity contribution in [1.82, 2.24) is 0 Å². The number of hydrogen-bond acceptors (Lipinski definition) is 2. The highest BCUT2D eigenvalue weighted by Crippen LogP contribution is 2.40. The molecule has 0 spiro atoms. The fourth-order valence-electron chi connectivity index (χ4n) is 3.77. The zero-order valence-corrected chi connectivity index (χ0v) is 18.8. The van der Waals surface area contributed by atoms with Crippen molar-refractivity contribution in [2.75, 3.05) is 0 Å². The normalized spacial score (nSPS) is 14.0. The molecule has 0 amide bonds. The number of ether oxygens (including phenoxy) is 1. The van der Waals surface area contributed by atoms with Gasteiger partial charge < -0.3 is 9.84 Å². The van der Waals surface area contributed by atoms with Gasteiger partial charge in [0.1, 0.15) is 11.4 Å². The van der Waals surface area contributed by atoms with Crippen LogP contribution in [-0.2, 0) is 0 Å². The second-order valence-corrected chi connectivity index (χ2v) is 8.88. The third-order valence-electron chi connectivity index (χ3n) is 5.51. The second kappa shape index (κ2) is 8.40. The van der Waals surface area contributed by atoms with E-state index in [9.17, 15) is 4.79 Å². The summed E-state index contributed by atoms with van der Waals surface area (Å²) in [6, 6.07) is 21.3. The Balaban J connectivity index is 1.70. The van der Waals surface area contributed by atoms with Crippen molar-refractivity contribution < 1.29 is 14.6 Å². The van der Waals surface area contributed by atoms with Gasteiger partial charge in [-0.25, -0.2) is 4.79 Å². The summed E-state index contributed by atoms with van der Waals surface area (Å²) in [6.07, 6.45) is 2.17. The first-order valence-electron chi connectivity index (χ1n) is 10.7. The minimum absolute atomic E-state index is 0.252. The van der Waals surface area contributed by atoms with E-state index in [0.29, 0.717) is 5.92 Å². The van der Waals surface area contributed by atoms with Crippen LogP contribution in [0.3, 0.4) is 0 Å². The van der Waals surface area contributed by atoms with Crippen molar-refractivity contribution in [3.8, 4) is 17.6 Å².